The molecule has 56 heavy (non-hydrogen) atoms. The first-order chi connectivity index (χ1) is 26.4. The van der Waals surface area contributed by atoms with Gasteiger partial charge >= 0.3 is 23.9 Å². The first-order valence-corrected chi connectivity index (χ1v) is 17.6. The van der Waals surface area contributed by atoms with Gasteiger partial charge in [0.05, 0.1) is 12.1 Å². The third-order valence-corrected chi connectivity index (χ3v) is 7.34. The normalized spacial score (nSPS) is 14.1. The van der Waals surface area contributed by atoms with Crippen molar-refractivity contribution in [3.63, 3.8) is 0 Å². The van der Waals surface area contributed by atoms with Crippen LogP contribution in [-0.4, -0.2) is 154 Å². The van der Waals surface area contributed by atoms with Crippen LogP contribution in [0.15, 0.2) is 12.2 Å². The second kappa shape index (κ2) is 28.5. The third kappa shape index (κ3) is 20.5. The average molecular weight is 803 g/mol. The number of carbonyl (C=O) groups is 11. The molecular weight excluding hydrogens is 748 g/mol. The van der Waals surface area contributed by atoms with Gasteiger partial charge in [0.15, 0.2) is 0 Å². The van der Waals surface area contributed by atoms with E-state index in [2.05, 4.69) is 37.2 Å². The Labute approximate surface area is 322 Å². The number of carboxylic acids is 4. The van der Waals surface area contributed by atoms with E-state index in [1.165, 1.54) is 14.1 Å². The summed E-state index contributed by atoms with van der Waals surface area (Å²) in [6.45, 7) is 5.76. The largest absolute Gasteiger partial charge is 0.481 e. The molecule has 0 aromatic carbocycles. The minimum Gasteiger partial charge on any atom is -0.481 e. The SMILES string of the molecule is CC.CC.CN[C@@H](CCC(=O)O)C(=O)NC(CNC(=O)C(CCC(=O)O)NC(=O)C(CNC(=O)CN1C(=O)C=CC1=O)NC(=O)[C@H](CCC(=O)O)NC)C(=O)O. The number of nitrogens with one attached hydrogen (secondary N) is 7. The standard InChI is InChI=1S/C29H42N8O15.2C2H6/c1-30-14(3-8-22(41)42)26(48)35-17(11-32-19(38)13-37-20(39)6-7-21(37)40)28(50)34-16(5-10-24(45)46)25(47)33-12-18(29(51)52)36-27(49)15(31-2)4-9-23(43)44;2*1-2/h6-7,14-18,30-31H,3-5,8-13H2,1-2H3,(H,32,38)(H,33,47)(H,34,50)(H,35,48)(H,36,49)(H,41,42)(H,43,44)(H,45,46)(H,51,52);2*1-2H3/t14-,15-,16?,17?,18?;;/m0../s1. The Morgan fingerprint density at radius 2 is 0.893 bits per heavy atom. The number of aliphatic carboxylic acids is 4. The van der Waals surface area contributed by atoms with Crippen LogP contribution in [0.25, 0.3) is 0 Å². The first kappa shape index (κ1) is 52.1. The van der Waals surface area contributed by atoms with Crippen molar-refractivity contribution in [1.29, 1.82) is 0 Å². The van der Waals surface area contributed by atoms with Gasteiger partial charge in [0, 0.05) is 44.5 Å². The van der Waals surface area contributed by atoms with E-state index in [1.54, 1.807) is 0 Å². The van der Waals surface area contributed by atoms with Gasteiger partial charge in [-0.25, -0.2) is 4.79 Å². The highest BCUT2D eigenvalue weighted by molar-refractivity contribution is 6.14. The summed E-state index contributed by atoms with van der Waals surface area (Å²) in [6.07, 6.45) is -0.702. The third-order valence-electron chi connectivity index (χ3n) is 7.34. The van der Waals surface area contributed by atoms with Crippen LogP contribution in [0.1, 0.15) is 66.2 Å². The summed E-state index contributed by atoms with van der Waals surface area (Å²) in [7, 11) is 2.66. The molecule has 23 heteroatoms. The lowest BCUT2D eigenvalue weighted by atomic mass is 10.1. The summed E-state index contributed by atoms with van der Waals surface area (Å²) in [5.74, 6) is -12.1. The number of carbonyl (C=O) groups excluding carboxylic acids is 7. The molecule has 0 spiro atoms. The van der Waals surface area contributed by atoms with Crippen molar-refractivity contribution in [2.45, 2.75) is 96.4 Å². The molecule has 1 heterocycles. The molecule has 1 aliphatic rings. The number of rotatable bonds is 25. The Morgan fingerprint density at radius 1 is 0.536 bits per heavy atom. The van der Waals surface area contributed by atoms with Crippen molar-refractivity contribution in [2.24, 2.45) is 0 Å². The van der Waals surface area contributed by atoms with Crippen LogP contribution in [0.3, 0.4) is 0 Å². The van der Waals surface area contributed by atoms with E-state index in [-0.39, 0.29) is 12.8 Å². The molecule has 1 rings (SSSR count). The molecule has 0 fully saturated rings. The van der Waals surface area contributed by atoms with Crippen LogP contribution in [-0.2, 0) is 52.7 Å². The predicted octanol–water partition coefficient (Wildman–Crippen LogP) is -3.49. The summed E-state index contributed by atoms with van der Waals surface area (Å²) >= 11 is 0. The summed E-state index contributed by atoms with van der Waals surface area (Å²) in [5, 5.41) is 52.9. The van der Waals surface area contributed by atoms with Crippen LogP contribution in [0, 0.1) is 0 Å². The van der Waals surface area contributed by atoms with Crippen LogP contribution >= 0.6 is 0 Å². The van der Waals surface area contributed by atoms with Gasteiger partial charge in [-0.1, -0.05) is 27.7 Å². The molecule has 11 N–H and O–H groups in total. The van der Waals surface area contributed by atoms with Crippen LogP contribution in [0.4, 0.5) is 0 Å². The average Bonchev–Trinajstić information content (AvgIpc) is 3.46. The molecule has 0 bridgehead atoms. The number of likely N-dealkylation sites (N-methyl/N-ethyl adjacent to an activating group) is 2. The second-order valence-electron chi connectivity index (χ2n) is 11.1. The van der Waals surface area contributed by atoms with Crippen LogP contribution in [0.5, 0.6) is 0 Å². The Hall–Kier alpha value is -5.97. The van der Waals surface area contributed by atoms with Crippen molar-refractivity contribution in [3.05, 3.63) is 12.2 Å². The molecule has 0 aromatic rings. The molecule has 5 atom stereocenters. The smallest absolute Gasteiger partial charge is 0.328 e. The molecule has 23 nitrogen and oxygen atoms in total. The number of carboxylic acid groups (broad SMARTS) is 4. The number of imide groups is 1. The maximum Gasteiger partial charge on any atom is 0.328 e. The van der Waals surface area contributed by atoms with Crippen molar-refractivity contribution in [2.75, 3.05) is 33.7 Å². The monoisotopic (exact) mass is 802 g/mol. The molecule has 0 saturated carbocycles. The van der Waals surface area contributed by atoms with Gasteiger partial charge in [-0.2, -0.15) is 0 Å². The van der Waals surface area contributed by atoms with E-state index in [0.717, 1.165) is 12.2 Å². The van der Waals surface area contributed by atoms with E-state index in [9.17, 15) is 63.0 Å². The molecule has 0 aromatic heterocycles. The van der Waals surface area contributed by atoms with E-state index in [4.69, 9.17) is 10.2 Å². The fourth-order valence-corrected chi connectivity index (χ4v) is 4.44. The zero-order valence-electron chi connectivity index (χ0n) is 32.1. The Morgan fingerprint density at radius 3 is 1.29 bits per heavy atom. The van der Waals surface area contributed by atoms with Crippen molar-refractivity contribution >= 4 is 65.2 Å². The lowest BCUT2D eigenvalue weighted by Crippen LogP contribution is -2.60. The minimum atomic E-state index is -1.76. The van der Waals surface area contributed by atoms with Gasteiger partial charge in [0.1, 0.15) is 24.7 Å². The highest BCUT2D eigenvalue weighted by atomic mass is 16.4. The van der Waals surface area contributed by atoms with Crippen LogP contribution < -0.4 is 37.2 Å². The topological polar surface area (TPSA) is 356 Å². The van der Waals surface area contributed by atoms with Gasteiger partial charge in [-0.05, 0) is 33.4 Å². The van der Waals surface area contributed by atoms with Gasteiger partial charge in [-0.3, -0.25) is 52.8 Å². The summed E-state index contributed by atoms with van der Waals surface area (Å²) < 4.78 is 0. The van der Waals surface area contributed by atoms with E-state index in [1.807, 2.05) is 27.7 Å². The summed E-state index contributed by atoms with van der Waals surface area (Å²) in [5.41, 5.74) is 0. The first-order valence-electron chi connectivity index (χ1n) is 17.6. The number of hydrogen-bond acceptors (Lipinski definition) is 13. The Kier molecular flexibility index (Phi) is 26.5. The Balaban J connectivity index is 0. The lowest BCUT2D eigenvalue weighted by molar-refractivity contribution is -0.143. The molecule has 316 valence electrons. The maximum absolute atomic E-state index is 13.4. The van der Waals surface area contributed by atoms with Gasteiger partial charge in [-0.15, -0.1) is 0 Å². The highest BCUT2D eigenvalue weighted by Gasteiger charge is 2.32. The van der Waals surface area contributed by atoms with Crippen molar-refractivity contribution in [3.8, 4) is 0 Å². The molecule has 3 unspecified atom stereocenters. The quantitative estimate of drug-likeness (QED) is 0.0399. The van der Waals surface area contributed by atoms with Gasteiger partial charge in [0.2, 0.25) is 29.5 Å². The number of hydrogen-bond donors (Lipinski definition) is 11. The zero-order chi connectivity index (χ0) is 43.5. The van der Waals surface area contributed by atoms with E-state index >= 15 is 0 Å². The van der Waals surface area contributed by atoms with E-state index < -0.39 is 141 Å². The van der Waals surface area contributed by atoms with Crippen molar-refractivity contribution in [1.82, 2.24) is 42.1 Å². The molecule has 0 aliphatic carbocycles. The predicted molar refractivity (Wildman–Crippen MR) is 194 cm³/mol. The lowest BCUT2D eigenvalue weighted by Gasteiger charge is -2.26. The number of nitrogens with zero attached hydrogens (tertiary/aromatic N) is 1. The van der Waals surface area contributed by atoms with Gasteiger partial charge < -0.3 is 57.6 Å². The maximum atomic E-state index is 13.4. The molecular formula is C33H54N8O15. The summed E-state index contributed by atoms with van der Waals surface area (Å²) in [4.78, 5) is 134. The molecule has 1 aliphatic heterocycles. The molecule has 0 saturated heterocycles. The molecule has 7 amide bonds. The summed E-state index contributed by atoms with van der Waals surface area (Å²) in [6, 6.07) is -7.43. The fourth-order valence-electron chi connectivity index (χ4n) is 4.44. The zero-order valence-corrected chi connectivity index (χ0v) is 32.1. The molecule has 0 radical (unpaired) electrons. The van der Waals surface area contributed by atoms with Gasteiger partial charge in [0.25, 0.3) is 11.8 Å². The van der Waals surface area contributed by atoms with E-state index in [0.29, 0.717) is 4.90 Å². The van der Waals surface area contributed by atoms with Crippen LogP contribution in [0.2, 0.25) is 0 Å². The second-order valence-corrected chi connectivity index (χ2v) is 11.1. The Bertz CT molecular complexity index is 1420. The minimum absolute atomic E-state index is 0.196. The van der Waals surface area contributed by atoms with Crippen molar-refractivity contribution < 1.29 is 73.2 Å². The highest BCUT2D eigenvalue weighted by Crippen LogP contribution is 2.05. The fraction of sp³-hybridized carbons (Fsp3) is 0.606. The number of amides is 7.